The fraction of sp³-hybridized carbons (Fsp3) is 0.238. The van der Waals surface area contributed by atoms with Crippen LogP contribution < -0.4 is 5.73 Å². The number of carbonyl (C=O) groups excluding carboxylic acids is 1. The van der Waals surface area contributed by atoms with Gasteiger partial charge in [-0.2, -0.15) is 5.26 Å². The molecule has 4 rings (SSSR count). The van der Waals surface area contributed by atoms with Crippen molar-refractivity contribution in [3.05, 3.63) is 75.9 Å². The van der Waals surface area contributed by atoms with Crippen LogP contribution in [0.5, 0.6) is 0 Å². The number of amides is 1. The van der Waals surface area contributed by atoms with E-state index < -0.39 is 5.91 Å². The van der Waals surface area contributed by atoms with Crippen molar-refractivity contribution in [3.8, 4) is 6.07 Å². The van der Waals surface area contributed by atoms with Crippen molar-refractivity contribution in [2.75, 3.05) is 0 Å². The smallest absolute Gasteiger partial charge is 0.248 e. The third-order valence-electron chi connectivity index (χ3n) is 5.45. The number of allylic oxidation sites excluding steroid dienone is 2. The molecule has 3 atom stereocenters. The van der Waals surface area contributed by atoms with Crippen LogP contribution in [0.1, 0.15) is 50.0 Å². The Labute approximate surface area is 141 Å². The molecule has 118 valence electrons. The van der Waals surface area contributed by atoms with E-state index in [1.165, 1.54) is 22.3 Å². The number of fused-ring (bicyclic) bond motifs is 3. The van der Waals surface area contributed by atoms with Gasteiger partial charge >= 0.3 is 0 Å². The third kappa shape index (κ3) is 2.07. The Hall–Kier alpha value is -2.86. The molecule has 0 radical (unpaired) electrons. The average molecular weight is 314 g/mol. The number of carbonyl (C=O) groups is 1. The quantitative estimate of drug-likeness (QED) is 0.915. The first-order chi connectivity index (χ1) is 11.5. The number of nitrogens with two attached hydrogens (primary N) is 1. The lowest BCUT2D eigenvalue weighted by atomic mass is 9.88. The SMILES string of the molecule is Cc1cc2c(cc1C)C1C(C=C2C#N)C1c1ccc(C(N)=O)cc1. The molecule has 0 aliphatic heterocycles. The maximum Gasteiger partial charge on any atom is 0.248 e. The van der Waals surface area contributed by atoms with E-state index in [1.54, 1.807) is 12.1 Å². The van der Waals surface area contributed by atoms with Crippen molar-refractivity contribution in [1.82, 2.24) is 0 Å². The highest BCUT2D eigenvalue weighted by molar-refractivity contribution is 5.92. The van der Waals surface area contributed by atoms with Gasteiger partial charge in [0.05, 0.1) is 11.6 Å². The Balaban J connectivity index is 1.76. The zero-order valence-corrected chi connectivity index (χ0v) is 13.7. The van der Waals surface area contributed by atoms with Crippen molar-refractivity contribution in [2.45, 2.75) is 25.7 Å². The van der Waals surface area contributed by atoms with Crippen LogP contribution in [-0.2, 0) is 0 Å². The second kappa shape index (κ2) is 5.07. The fourth-order valence-corrected chi connectivity index (χ4v) is 3.97. The summed E-state index contributed by atoms with van der Waals surface area (Å²) < 4.78 is 0. The van der Waals surface area contributed by atoms with Crippen LogP contribution in [0.4, 0.5) is 0 Å². The molecule has 2 aromatic carbocycles. The van der Waals surface area contributed by atoms with Gasteiger partial charge in [0, 0.05) is 5.56 Å². The molecule has 1 amide bonds. The predicted octanol–water partition coefficient (Wildman–Crippen LogP) is 3.82. The summed E-state index contributed by atoms with van der Waals surface area (Å²) in [5.41, 5.74) is 12.7. The number of aryl methyl sites for hydroxylation is 2. The highest BCUT2D eigenvalue weighted by atomic mass is 16.1. The Morgan fingerprint density at radius 3 is 2.38 bits per heavy atom. The number of hydrogen-bond donors (Lipinski definition) is 1. The van der Waals surface area contributed by atoms with E-state index in [0.717, 1.165) is 11.1 Å². The molecule has 0 saturated heterocycles. The fourth-order valence-electron chi connectivity index (χ4n) is 3.97. The van der Waals surface area contributed by atoms with E-state index in [-0.39, 0.29) is 0 Å². The van der Waals surface area contributed by atoms with Crippen LogP contribution in [-0.4, -0.2) is 5.91 Å². The number of primary amides is 1. The zero-order chi connectivity index (χ0) is 17.0. The van der Waals surface area contributed by atoms with Crippen molar-refractivity contribution >= 4 is 11.5 Å². The molecular weight excluding hydrogens is 296 g/mol. The molecule has 2 aromatic rings. The Bertz CT molecular complexity index is 932. The molecule has 2 aliphatic rings. The van der Waals surface area contributed by atoms with Crippen molar-refractivity contribution in [1.29, 1.82) is 5.26 Å². The molecule has 0 spiro atoms. The molecular formula is C21H18N2O. The lowest BCUT2D eigenvalue weighted by Crippen LogP contribution is -2.10. The minimum Gasteiger partial charge on any atom is -0.366 e. The van der Waals surface area contributed by atoms with Gasteiger partial charge in [-0.15, -0.1) is 0 Å². The third-order valence-corrected chi connectivity index (χ3v) is 5.45. The van der Waals surface area contributed by atoms with Crippen LogP contribution in [0.2, 0.25) is 0 Å². The summed E-state index contributed by atoms with van der Waals surface area (Å²) >= 11 is 0. The number of benzene rings is 2. The number of nitrogens with zero attached hydrogens (tertiary/aromatic N) is 1. The molecule has 0 bridgehead atoms. The second-order valence-electron chi connectivity index (χ2n) is 6.83. The summed E-state index contributed by atoms with van der Waals surface area (Å²) in [5.74, 6) is 0.765. The summed E-state index contributed by atoms with van der Waals surface area (Å²) in [6.07, 6.45) is 2.12. The van der Waals surface area contributed by atoms with Crippen LogP contribution in [0.3, 0.4) is 0 Å². The van der Waals surface area contributed by atoms with E-state index in [2.05, 4.69) is 38.1 Å². The van der Waals surface area contributed by atoms with E-state index in [0.29, 0.717) is 23.3 Å². The summed E-state index contributed by atoms with van der Waals surface area (Å²) in [4.78, 5) is 11.2. The largest absolute Gasteiger partial charge is 0.366 e. The van der Waals surface area contributed by atoms with Gasteiger partial charge in [0.25, 0.3) is 0 Å². The normalized spacial score (nSPS) is 23.5. The van der Waals surface area contributed by atoms with Crippen LogP contribution in [0.15, 0.2) is 42.5 Å². The summed E-state index contributed by atoms with van der Waals surface area (Å²) in [6, 6.07) is 14.3. The molecule has 3 unspecified atom stereocenters. The summed E-state index contributed by atoms with van der Waals surface area (Å²) in [5, 5.41) is 9.52. The highest BCUT2D eigenvalue weighted by Crippen LogP contribution is 2.65. The maximum absolute atomic E-state index is 11.2. The van der Waals surface area contributed by atoms with Gasteiger partial charge in [0.1, 0.15) is 0 Å². The van der Waals surface area contributed by atoms with Crippen molar-refractivity contribution in [3.63, 3.8) is 0 Å². The zero-order valence-electron chi connectivity index (χ0n) is 13.7. The van der Waals surface area contributed by atoms with Gasteiger partial charge in [0.15, 0.2) is 0 Å². The van der Waals surface area contributed by atoms with Gasteiger partial charge in [-0.3, -0.25) is 4.79 Å². The van der Waals surface area contributed by atoms with Crippen molar-refractivity contribution < 1.29 is 4.79 Å². The first-order valence-corrected chi connectivity index (χ1v) is 8.14. The van der Waals surface area contributed by atoms with Gasteiger partial charge in [-0.1, -0.05) is 30.3 Å². The van der Waals surface area contributed by atoms with E-state index in [4.69, 9.17) is 5.73 Å². The van der Waals surface area contributed by atoms with Crippen LogP contribution in [0.25, 0.3) is 5.57 Å². The van der Waals surface area contributed by atoms with Crippen LogP contribution in [0, 0.1) is 31.1 Å². The maximum atomic E-state index is 11.2. The monoisotopic (exact) mass is 314 g/mol. The number of nitriles is 1. The molecule has 0 heterocycles. The molecule has 2 aliphatic carbocycles. The topological polar surface area (TPSA) is 66.9 Å². The lowest BCUT2D eigenvalue weighted by molar-refractivity contribution is 0.100. The molecule has 3 heteroatoms. The Morgan fingerprint density at radius 1 is 1.08 bits per heavy atom. The molecule has 3 nitrogen and oxygen atoms in total. The minimum absolute atomic E-state index is 0.369. The molecule has 1 fully saturated rings. The molecule has 24 heavy (non-hydrogen) atoms. The highest BCUT2D eigenvalue weighted by Gasteiger charge is 2.53. The summed E-state index contributed by atoms with van der Waals surface area (Å²) in [7, 11) is 0. The van der Waals surface area contributed by atoms with E-state index >= 15 is 0 Å². The van der Waals surface area contributed by atoms with Crippen molar-refractivity contribution in [2.24, 2.45) is 11.7 Å². The molecule has 1 saturated carbocycles. The van der Waals surface area contributed by atoms with Gasteiger partial charge in [0.2, 0.25) is 5.91 Å². The first-order valence-electron chi connectivity index (χ1n) is 8.14. The molecule has 2 N–H and O–H groups in total. The van der Waals surface area contributed by atoms with Gasteiger partial charge < -0.3 is 5.73 Å². The number of hydrogen-bond acceptors (Lipinski definition) is 2. The standard InChI is InChI=1S/C21H18N2O/c1-11-7-16-15(10-22)9-18-19(20(18)17(16)8-12(11)2)13-3-5-14(6-4-13)21(23)24/h3-9,18-20H,1-2H3,(H2,23,24). The lowest BCUT2D eigenvalue weighted by Gasteiger charge is -2.15. The van der Waals surface area contributed by atoms with E-state index in [9.17, 15) is 10.1 Å². The minimum atomic E-state index is -0.405. The predicted molar refractivity (Wildman–Crippen MR) is 93.4 cm³/mol. The van der Waals surface area contributed by atoms with E-state index in [1.807, 2.05) is 12.1 Å². The Kier molecular flexibility index (Phi) is 3.11. The molecule has 0 aromatic heterocycles. The van der Waals surface area contributed by atoms with Crippen LogP contribution >= 0.6 is 0 Å². The first kappa shape index (κ1) is 14.7. The number of rotatable bonds is 2. The average Bonchev–Trinajstić information content (AvgIpc) is 3.29. The second-order valence-corrected chi connectivity index (χ2v) is 6.83. The van der Waals surface area contributed by atoms with Gasteiger partial charge in [-0.25, -0.2) is 0 Å². The van der Waals surface area contributed by atoms with Gasteiger partial charge in [-0.05, 0) is 71.6 Å². The Morgan fingerprint density at radius 2 is 1.75 bits per heavy atom. The summed E-state index contributed by atoms with van der Waals surface area (Å²) in [6.45, 7) is 4.21.